The molecule has 1 aromatic heterocycles. The van der Waals surface area contributed by atoms with Gasteiger partial charge in [-0.3, -0.25) is 0 Å². The highest BCUT2D eigenvalue weighted by atomic mass is 19.3. The Kier molecular flexibility index (Phi) is 2.68. The SMILES string of the molecule is Cc1cc(CF)nc(C(F)F)c1. The van der Waals surface area contributed by atoms with Crippen LogP contribution in [0.5, 0.6) is 0 Å². The molecule has 0 unspecified atom stereocenters. The predicted molar refractivity (Wildman–Crippen MR) is 38.7 cm³/mol. The summed E-state index contributed by atoms with van der Waals surface area (Å²) >= 11 is 0. The highest BCUT2D eigenvalue weighted by molar-refractivity contribution is 5.20. The Hall–Kier alpha value is -1.06. The molecule has 0 saturated heterocycles. The van der Waals surface area contributed by atoms with Crippen molar-refractivity contribution in [2.24, 2.45) is 0 Å². The van der Waals surface area contributed by atoms with E-state index in [-0.39, 0.29) is 11.4 Å². The second-order valence-electron chi connectivity index (χ2n) is 2.50. The summed E-state index contributed by atoms with van der Waals surface area (Å²) in [6.45, 7) is 0.828. The molecule has 1 rings (SSSR count). The first-order valence-electron chi connectivity index (χ1n) is 3.45. The maximum absolute atomic E-state index is 12.1. The van der Waals surface area contributed by atoms with Crippen molar-refractivity contribution in [3.63, 3.8) is 0 Å². The third-order valence-corrected chi connectivity index (χ3v) is 1.40. The fourth-order valence-corrected chi connectivity index (χ4v) is 0.948. The Balaban J connectivity index is 3.06. The second-order valence-corrected chi connectivity index (χ2v) is 2.50. The van der Waals surface area contributed by atoms with Crippen molar-refractivity contribution in [1.29, 1.82) is 0 Å². The number of aromatic nitrogens is 1. The summed E-state index contributed by atoms with van der Waals surface area (Å²) in [6.07, 6.45) is -2.63. The Morgan fingerprint density at radius 3 is 2.58 bits per heavy atom. The molecule has 0 aliphatic rings. The van der Waals surface area contributed by atoms with E-state index in [1.165, 1.54) is 12.1 Å². The zero-order valence-corrected chi connectivity index (χ0v) is 6.52. The Morgan fingerprint density at radius 1 is 1.42 bits per heavy atom. The van der Waals surface area contributed by atoms with Crippen molar-refractivity contribution in [2.75, 3.05) is 0 Å². The van der Waals surface area contributed by atoms with Gasteiger partial charge in [0.2, 0.25) is 0 Å². The van der Waals surface area contributed by atoms with Crippen LogP contribution in [0, 0.1) is 6.92 Å². The van der Waals surface area contributed by atoms with E-state index in [0.717, 1.165) is 0 Å². The molecule has 0 N–H and O–H groups in total. The van der Waals surface area contributed by atoms with Gasteiger partial charge in [-0.15, -0.1) is 0 Å². The molecule has 0 aromatic carbocycles. The van der Waals surface area contributed by atoms with Crippen molar-refractivity contribution in [3.05, 3.63) is 29.1 Å². The quantitative estimate of drug-likeness (QED) is 0.673. The van der Waals surface area contributed by atoms with Gasteiger partial charge in [0.05, 0.1) is 5.69 Å². The standard InChI is InChI=1S/C8H8F3N/c1-5-2-6(4-9)12-7(3-5)8(10)11/h2-3,8H,4H2,1H3. The van der Waals surface area contributed by atoms with Crippen molar-refractivity contribution in [1.82, 2.24) is 4.98 Å². The van der Waals surface area contributed by atoms with E-state index in [4.69, 9.17) is 0 Å². The fourth-order valence-electron chi connectivity index (χ4n) is 0.948. The fraction of sp³-hybridized carbons (Fsp3) is 0.375. The van der Waals surface area contributed by atoms with Gasteiger partial charge in [-0.25, -0.2) is 18.2 Å². The van der Waals surface area contributed by atoms with Gasteiger partial charge in [-0.2, -0.15) is 0 Å². The number of pyridine rings is 1. The van der Waals surface area contributed by atoms with Crippen LogP contribution in [-0.2, 0) is 6.67 Å². The van der Waals surface area contributed by atoms with Crippen LogP contribution in [-0.4, -0.2) is 4.98 Å². The van der Waals surface area contributed by atoms with E-state index in [9.17, 15) is 13.2 Å². The third kappa shape index (κ3) is 1.96. The molecule has 1 aromatic rings. The summed E-state index contributed by atoms with van der Waals surface area (Å²) in [7, 11) is 0. The first kappa shape index (κ1) is 9.03. The number of nitrogens with zero attached hydrogens (tertiary/aromatic N) is 1. The summed E-state index contributed by atoms with van der Waals surface area (Å²) in [5, 5.41) is 0. The monoisotopic (exact) mass is 175 g/mol. The number of aryl methyl sites for hydroxylation is 1. The third-order valence-electron chi connectivity index (χ3n) is 1.40. The lowest BCUT2D eigenvalue weighted by Gasteiger charge is -2.02. The van der Waals surface area contributed by atoms with E-state index in [1.54, 1.807) is 6.92 Å². The predicted octanol–water partition coefficient (Wildman–Crippen LogP) is 2.80. The van der Waals surface area contributed by atoms with Gasteiger partial charge in [-0.1, -0.05) is 0 Å². The molecule has 0 aliphatic heterocycles. The number of hydrogen-bond acceptors (Lipinski definition) is 1. The first-order valence-corrected chi connectivity index (χ1v) is 3.45. The molecule has 1 nitrogen and oxygen atoms in total. The molecule has 0 spiro atoms. The van der Waals surface area contributed by atoms with E-state index in [0.29, 0.717) is 5.56 Å². The van der Waals surface area contributed by atoms with Crippen molar-refractivity contribution in [2.45, 2.75) is 20.0 Å². The molecule has 0 amide bonds. The zero-order chi connectivity index (χ0) is 9.14. The van der Waals surface area contributed by atoms with Gasteiger partial charge >= 0.3 is 0 Å². The van der Waals surface area contributed by atoms with Crippen molar-refractivity contribution in [3.8, 4) is 0 Å². The highest BCUT2D eigenvalue weighted by Crippen LogP contribution is 2.18. The molecule has 66 valence electrons. The first-order chi connectivity index (χ1) is 5.63. The van der Waals surface area contributed by atoms with E-state index in [2.05, 4.69) is 4.98 Å². The van der Waals surface area contributed by atoms with Crippen LogP contribution < -0.4 is 0 Å². The molecular formula is C8H8F3N. The molecule has 1 heterocycles. The van der Waals surface area contributed by atoms with Crippen LogP contribution in [0.15, 0.2) is 12.1 Å². The Bertz CT molecular complexity index is 273. The normalized spacial score (nSPS) is 10.8. The average molecular weight is 175 g/mol. The lowest BCUT2D eigenvalue weighted by atomic mass is 10.2. The van der Waals surface area contributed by atoms with E-state index >= 15 is 0 Å². The topological polar surface area (TPSA) is 12.9 Å². The maximum Gasteiger partial charge on any atom is 0.280 e. The summed E-state index contributed by atoms with van der Waals surface area (Å²) in [5.74, 6) is 0. The van der Waals surface area contributed by atoms with Crippen molar-refractivity contribution < 1.29 is 13.2 Å². The Labute approximate surface area is 68.2 Å². The number of rotatable bonds is 2. The van der Waals surface area contributed by atoms with Gasteiger partial charge in [0.1, 0.15) is 12.4 Å². The molecule has 0 aliphatic carbocycles. The van der Waals surface area contributed by atoms with Gasteiger partial charge < -0.3 is 0 Å². The lowest BCUT2D eigenvalue weighted by Crippen LogP contribution is -1.95. The molecule has 4 heteroatoms. The van der Waals surface area contributed by atoms with Crippen LogP contribution in [0.3, 0.4) is 0 Å². The average Bonchev–Trinajstić information content (AvgIpc) is 2.03. The maximum atomic E-state index is 12.1. The van der Waals surface area contributed by atoms with Crippen LogP contribution in [0.4, 0.5) is 13.2 Å². The van der Waals surface area contributed by atoms with Gasteiger partial charge in [-0.05, 0) is 24.6 Å². The van der Waals surface area contributed by atoms with Crippen LogP contribution in [0.1, 0.15) is 23.4 Å². The van der Waals surface area contributed by atoms with E-state index < -0.39 is 13.1 Å². The minimum atomic E-state index is -2.63. The smallest absolute Gasteiger partial charge is 0.249 e. The molecule has 0 radical (unpaired) electrons. The van der Waals surface area contributed by atoms with Crippen molar-refractivity contribution >= 4 is 0 Å². The molecular weight excluding hydrogens is 167 g/mol. The summed E-state index contributed by atoms with van der Waals surface area (Å²) in [6, 6.07) is 2.70. The van der Waals surface area contributed by atoms with Crippen LogP contribution in [0.25, 0.3) is 0 Å². The van der Waals surface area contributed by atoms with Gasteiger partial charge in [0.25, 0.3) is 6.43 Å². The number of halogens is 3. The van der Waals surface area contributed by atoms with E-state index in [1.807, 2.05) is 0 Å². The minimum Gasteiger partial charge on any atom is -0.249 e. The Morgan fingerprint density at radius 2 is 2.08 bits per heavy atom. The molecule has 12 heavy (non-hydrogen) atoms. The summed E-state index contributed by atoms with van der Waals surface area (Å²) < 4.78 is 36.2. The summed E-state index contributed by atoms with van der Waals surface area (Å²) in [4.78, 5) is 3.43. The van der Waals surface area contributed by atoms with Gasteiger partial charge in [0, 0.05) is 0 Å². The number of hydrogen-bond donors (Lipinski definition) is 0. The minimum absolute atomic E-state index is 0.0605. The largest absolute Gasteiger partial charge is 0.280 e. The molecule has 0 bridgehead atoms. The molecule has 0 atom stereocenters. The van der Waals surface area contributed by atoms with Gasteiger partial charge in [0.15, 0.2) is 0 Å². The summed E-state index contributed by atoms with van der Waals surface area (Å²) in [5.41, 5.74) is 0.306. The zero-order valence-electron chi connectivity index (χ0n) is 6.52. The van der Waals surface area contributed by atoms with Crippen LogP contribution in [0.2, 0.25) is 0 Å². The molecule has 0 fully saturated rings. The van der Waals surface area contributed by atoms with Crippen LogP contribution >= 0.6 is 0 Å². The highest BCUT2D eigenvalue weighted by Gasteiger charge is 2.09. The number of alkyl halides is 3. The molecule has 0 saturated carbocycles. The lowest BCUT2D eigenvalue weighted by molar-refractivity contribution is 0.145. The second kappa shape index (κ2) is 3.56.